The highest BCUT2D eigenvalue weighted by Crippen LogP contribution is 2.17. The van der Waals surface area contributed by atoms with Crippen LogP contribution in [0.4, 0.5) is 5.82 Å². The second kappa shape index (κ2) is 6.16. The minimum atomic E-state index is 0.594. The number of rotatable bonds is 3. The van der Waals surface area contributed by atoms with Crippen molar-refractivity contribution in [3.05, 3.63) is 23.4 Å². The van der Waals surface area contributed by atoms with Crippen LogP contribution in [0.25, 0.3) is 0 Å². The van der Waals surface area contributed by atoms with Gasteiger partial charge < -0.3 is 15.5 Å². The van der Waals surface area contributed by atoms with E-state index in [1.807, 2.05) is 0 Å². The molecule has 0 spiro atoms. The molecule has 4 heteroatoms. The third-order valence-corrected chi connectivity index (χ3v) is 3.57. The summed E-state index contributed by atoms with van der Waals surface area (Å²) in [4.78, 5) is 9.52. The molecule has 2 heterocycles. The monoisotopic (exact) mass is 248 g/mol. The molecule has 0 atom stereocenters. The summed E-state index contributed by atoms with van der Waals surface area (Å²) in [6, 6.07) is 4.26. The summed E-state index contributed by atoms with van der Waals surface area (Å²) in [5.74, 6) is 1.10. The molecule has 1 aliphatic heterocycles. The molecule has 0 aliphatic carbocycles. The Bertz CT molecular complexity index is 369. The average molecular weight is 248 g/mol. The first-order chi connectivity index (χ1) is 8.72. The lowest BCUT2D eigenvalue weighted by Gasteiger charge is -2.22. The van der Waals surface area contributed by atoms with Gasteiger partial charge in [0, 0.05) is 31.9 Å². The fourth-order valence-electron chi connectivity index (χ4n) is 2.37. The first kappa shape index (κ1) is 13.3. The van der Waals surface area contributed by atoms with Crippen LogP contribution in [0.3, 0.4) is 0 Å². The highest BCUT2D eigenvalue weighted by atomic mass is 15.2. The molecule has 1 aromatic rings. The van der Waals surface area contributed by atoms with E-state index in [0.717, 1.165) is 37.6 Å². The van der Waals surface area contributed by atoms with Crippen LogP contribution in [-0.2, 0) is 13.0 Å². The number of hydrogen-bond donors (Lipinski definition) is 1. The van der Waals surface area contributed by atoms with Gasteiger partial charge in [-0.3, -0.25) is 0 Å². The van der Waals surface area contributed by atoms with Crippen LogP contribution >= 0.6 is 0 Å². The van der Waals surface area contributed by atoms with Gasteiger partial charge in [0.25, 0.3) is 0 Å². The molecule has 0 bridgehead atoms. The van der Waals surface area contributed by atoms with E-state index in [1.54, 1.807) is 0 Å². The Labute approximate surface area is 110 Å². The van der Waals surface area contributed by atoms with Crippen molar-refractivity contribution in [2.75, 3.05) is 38.1 Å². The third-order valence-electron chi connectivity index (χ3n) is 3.57. The van der Waals surface area contributed by atoms with Gasteiger partial charge in [-0.1, -0.05) is 6.92 Å². The molecule has 0 radical (unpaired) electrons. The smallest absolute Gasteiger partial charge is 0.129 e. The van der Waals surface area contributed by atoms with Crippen LogP contribution in [0, 0.1) is 0 Å². The normalized spacial score (nSPS) is 17.8. The molecule has 18 heavy (non-hydrogen) atoms. The van der Waals surface area contributed by atoms with E-state index in [0.29, 0.717) is 6.54 Å². The zero-order valence-electron chi connectivity index (χ0n) is 11.5. The summed E-state index contributed by atoms with van der Waals surface area (Å²) < 4.78 is 0. The van der Waals surface area contributed by atoms with Crippen LogP contribution < -0.4 is 10.6 Å². The highest BCUT2D eigenvalue weighted by Gasteiger charge is 2.14. The Morgan fingerprint density at radius 2 is 2.06 bits per heavy atom. The zero-order valence-corrected chi connectivity index (χ0v) is 11.5. The van der Waals surface area contributed by atoms with Gasteiger partial charge in [0.2, 0.25) is 0 Å². The molecule has 4 nitrogen and oxygen atoms in total. The summed E-state index contributed by atoms with van der Waals surface area (Å²) in [6.45, 7) is 7.16. The lowest BCUT2D eigenvalue weighted by molar-refractivity contribution is 0.360. The van der Waals surface area contributed by atoms with Gasteiger partial charge in [-0.05, 0) is 44.1 Å². The Morgan fingerprint density at radius 1 is 1.22 bits per heavy atom. The number of aromatic nitrogens is 1. The second-order valence-electron chi connectivity index (χ2n) is 5.03. The highest BCUT2D eigenvalue weighted by molar-refractivity contribution is 5.43. The van der Waals surface area contributed by atoms with E-state index in [9.17, 15) is 0 Å². The van der Waals surface area contributed by atoms with Crippen molar-refractivity contribution < 1.29 is 0 Å². The summed E-state index contributed by atoms with van der Waals surface area (Å²) in [5.41, 5.74) is 8.10. The number of likely N-dealkylation sites (N-methyl/N-ethyl adjacent to an activating group) is 1. The number of pyridine rings is 1. The lowest BCUT2D eigenvalue weighted by atomic mass is 10.2. The van der Waals surface area contributed by atoms with Gasteiger partial charge in [0.05, 0.1) is 0 Å². The Kier molecular flexibility index (Phi) is 4.55. The molecule has 100 valence electrons. The molecule has 0 unspecified atom stereocenters. The van der Waals surface area contributed by atoms with Gasteiger partial charge in [-0.25, -0.2) is 4.98 Å². The number of nitrogens with two attached hydrogens (primary N) is 1. The maximum Gasteiger partial charge on any atom is 0.129 e. The van der Waals surface area contributed by atoms with Crippen molar-refractivity contribution in [1.29, 1.82) is 0 Å². The van der Waals surface area contributed by atoms with Crippen molar-refractivity contribution in [3.8, 4) is 0 Å². The van der Waals surface area contributed by atoms with Crippen LogP contribution in [0.2, 0.25) is 0 Å². The first-order valence-electron chi connectivity index (χ1n) is 6.86. The minimum Gasteiger partial charge on any atom is -0.355 e. The summed E-state index contributed by atoms with van der Waals surface area (Å²) in [5, 5.41) is 0. The molecule has 1 aliphatic rings. The molecule has 0 saturated carbocycles. The molecule has 0 amide bonds. The molecule has 2 N–H and O–H groups in total. The van der Waals surface area contributed by atoms with Crippen molar-refractivity contribution in [3.63, 3.8) is 0 Å². The van der Waals surface area contributed by atoms with E-state index in [-0.39, 0.29) is 0 Å². The quantitative estimate of drug-likeness (QED) is 0.874. The largest absolute Gasteiger partial charge is 0.355 e. The summed E-state index contributed by atoms with van der Waals surface area (Å²) in [6.07, 6.45) is 2.17. The fourth-order valence-corrected chi connectivity index (χ4v) is 2.37. The Morgan fingerprint density at radius 3 is 2.78 bits per heavy atom. The van der Waals surface area contributed by atoms with E-state index >= 15 is 0 Å². The van der Waals surface area contributed by atoms with Gasteiger partial charge in [-0.15, -0.1) is 0 Å². The zero-order chi connectivity index (χ0) is 13.0. The topological polar surface area (TPSA) is 45.4 Å². The number of nitrogens with zero attached hydrogens (tertiary/aromatic N) is 3. The van der Waals surface area contributed by atoms with E-state index in [2.05, 4.69) is 35.9 Å². The number of aryl methyl sites for hydroxylation is 1. The molecule has 1 aromatic heterocycles. The number of anilines is 1. The maximum atomic E-state index is 5.77. The van der Waals surface area contributed by atoms with Gasteiger partial charge in [0.15, 0.2) is 0 Å². The van der Waals surface area contributed by atoms with Crippen molar-refractivity contribution in [2.24, 2.45) is 5.73 Å². The minimum absolute atomic E-state index is 0.594. The van der Waals surface area contributed by atoms with E-state index in [4.69, 9.17) is 10.7 Å². The third kappa shape index (κ3) is 3.21. The first-order valence-corrected chi connectivity index (χ1v) is 6.86. The lowest BCUT2D eigenvalue weighted by Crippen LogP contribution is -2.29. The molecular weight excluding hydrogens is 224 g/mol. The Hall–Kier alpha value is -1.13. The van der Waals surface area contributed by atoms with Crippen molar-refractivity contribution in [2.45, 2.75) is 26.3 Å². The standard InChI is InChI=1S/C14H24N4/c1-3-13-9-12(11-15)10-14(16-13)18-6-4-5-17(2)7-8-18/h9-10H,3-8,11,15H2,1-2H3. The van der Waals surface area contributed by atoms with Crippen LogP contribution in [0.1, 0.15) is 24.6 Å². The van der Waals surface area contributed by atoms with E-state index < -0.39 is 0 Å². The maximum absolute atomic E-state index is 5.77. The summed E-state index contributed by atoms with van der Waals surface area (Å²) in [7, 11) is 2.19. The van der Waals surface area contributed by atoms with Gasteiger partial charge >= 0.3 is 0 Å². The molecule has 1 fully saturated rings. The van der Waals surface area contributed by atoms with Gasteiger partial charge in [-0.2, -0.15) is 0 Å². The average Bonchev–Trinajstić information content (AvgIpc) is 2.63. The predicted molar refractivity (Wildman–Crippen MR) is 75.8 cm³/mol. The van der Waals surface area contributed by atoms with Gasteiger partial charge in [0.1, 0.15) is 5.82 Å². The summed E-state index contributed by atoms with van der Waals surface area (Å²) >= 11 is 0. The second-order valence-corrected chi connectivity index (χ2v) is 5.03. The van der Waals surface area contributed by atoms with Crippen LogP contribution in [0.15, 0.2) is 12.1 Å². The molecule has 0 aromatic carbocycles. The Balaban J connectivity index is 2.20. The predicted octanol–water partition coefficient (Wildman–Crippen LogP) is 1.24. The SMILES string of the molecule is CCc1cc(CN)cc(N2CCCN(C)CC2)n1. The molecular formula is C14H24N4. The molecule has 1 saturated heterocycles. The van der Waals surface area contributed by atoms with Crippen molar-refractivity contribution >= 4 is 5.82 Å². The molecule has 2 rings (SSSR count). The van der Waals surface area contributed by atoms with Crippen LogP contribution in [0.5, 0.6) is 0 Å². The van der Waals surface area contributed by atoms with Crippen LogP contribution in [-0.4, -0.2) is 43.1 Å². The van der Waals surface area contributed by atoms with Crippen molar-refractivity contribution in [1.82, 2.24) is 9.88 Å². The fraction of sp³-hybridized carbons (Fsp3) is 0.643. The van der Waals surface area contributed by atoms with E-state index in [1.165, 1.54) is 18.5 Å². The number of hydrogen-bond acceptors (Lipinski definition) is 4.